The van der Waals surface area contributed by atoms with Gasteiger partial charge in [0.15, 0.2) is 0 Å². The SMILES string of the molecule is CCCCc1ccc(N2C(=O)/C(=C3\C=C(c4cccs4)N(c4ccc(CCCC)cc4)C3=O)C=C2c2cccs2)cc1. The summed E-state index contributed by atoms with van der Waals surface area (Å²) in [6, 6.07) is 24.5. The van der Waals surface area contributed by atoms with Crippen LogP contribution in [0, 0.1) is 0 Å². The van der Waals surface area contributed by atoms with E-state index in [1.807, 2.05) is 71.4 Å². The molecule has 0 bridgehead atoms. The molecule has 4 nitrogen and oxygen atoms in total. The van der Waals surface area contributed by atoms with E-state index in [-0.39, 0.29) is 11.8 Å². The number of nitrogens with zero attached hydrogens (tertiary/aromatic N) is 2. The van der Waals surface area contributed by atoms with Gasteiger partial charge >= 0.3 is 0 Å². The Morgan fingerprint density at radius 2 is 0.976 bits per heavy atom. The molecule has 4 aromatic rings. The summed E-state index contributed by atoms with van der Waals surface area (Å²) in [7, 11) is 0. The number of hydrogen-bond acceptors (Lipinski definition) is 4. The second-order valence-electron chi connectivity index (χ2n) is 10.7. The molecule has 4 heterocycles. The van der Waals surface area contributed by atoms with Gasteiger partial charge in [0.1, 0.15) is 0 Å². The van der Waals surface area contributed by atoms with Crippen molar-refractivity contribution in [2.45, 2.75) is 52.4 Å². The summed E-state index contributed by atoms with van der Waals surface area (Å²) in [6.45, 7) is 4.38. The molecule has 42 heavy (non-hydrogen) atoms. The molecule has 2 aliphatic rings. The highest BCUT2D eigenvalue weighted by atomic mass is 32.1. The molecule has 0 fully saturated rings. The molecular formula is C36H34N2O2S2. The van der Waals surface area contributed by atoms with Crippen LogP contribution in [0.5, 0.6) is 0 Å². The molecule has 0 aliphatic carbocycles. The van der Waals surface area contributed by atoms with Crippen molar-refractivity contribution in [3.05, 3.63) is 128 Å². The molecule has 0 atom stereocenters. The number of unbranched alkanes of at least 4 members (excludes halogenated alkanes) is 2. The van der Waals surface area contributed by atoms with Gasteiger partial charge in [0, 0.05) is 11.4 Å². The molecule has 0 saturated heterocycles. The van der Waals surface area contributed by atoms with Crippen LogP contribution in [0.1, 0.15) is 60.4 Å². The van der Waals surface area contributed by atoms with Crippen molar-refractivity contribution >= 4 is 57.3 Å². The van der Waals surface area contributed by atoms with Crippen LogP contribution in [0.3, 0.4) is 0 Å². The molecule has 2 aromatic heterocycles. The summed E-state index contributed by atoms with van der Waals surface area (Å²) in [5.41, 5.74) is 6.60. The first-order chi connectivity index (χ1) is 20.6. The van der Waals surface area contributed by atoms with Crippen LogP contribution in [-0.2, 0) is 22.4 Å². The number of anilines is 2. The monoisotopic (exact) mass is 590 g/mol. The fourth-order valence-electron chi connectivity index (χ4n) is 5.48. The van der Waals surface area contributed by atoms with Crippen LogP contribution in [-0.4, -0.2) is 11.8 Å². The van der Waals surface area contributed by atoms with Crippen LogP contribution in [0.2, 0.25) is 0 Å². The van der Waals surface area contributed by atoms with E-state index in [4.69, 9.17) is 0 Å². The lowest BCUT2D eigenvalue weighted by molar-refractivity contribution is -0.116. The topological polar surface area (TPSA) is 40.6 Å². The van der Waals surface area contributed by atoms with Crippen LogP contribution in [0.15, 0.2) is 107 Å². The van der Waals surface area contributed by atoms with Crippen LogP contribution in [0.4, 0.5) is 11.4 Å². The van der Waals surface area contributed by atoms with Gasteiger partial charge in [-0.3, -0.25) is 19.4 Å². The fourth-order valence-corrected chi connectivity index (χ4v) is 6.94. The number of carbonyl (C=O) groups is 2. The maximum absolute atomic E-state index is 14.2. The Hall–Kier alpha value is -4.00. The molecule has 2 aliphatic heterocycles. The fraction of sp³-hybridized carbons (Fsp3) is 0.222. The van der Waals surface area contributed by atoms with Crippen molar-refractivity contribution in [3.63, 3.8) is 0 Å². The Bertz CT molecular complexity index is 1530. The number of aryl methyl sites for hydroxylation is 2. The normalized spacial score (nSPS) is 16.9. The zero-order chi connectivity index (χ0) is 29.1. The molecule has 0 spiro atoms. The first-order valence-corrected chi connectivity index (χ1v) is 16.5. The lowest BCUT2D eigenvalue weighted by Gasteiger charge is -2.21. The quantitative estimate of drug-likeness (QED) is 0.173. The number of carbonyl (C=O) groups excluding carboxylic acids is 2. The number of benzene rings is 2. The molecule has 6 rings (SSSR count). The average Bonchev–Trinajstić information content (AvgIpc) is 3.83. The van der Waals surface area contributed by atoms with E-state index in [1.165, 1.54) is 11.1 Å². The average molecular weight is 591 g/mol. The van der Waals surface area contributed by atoms with E-state index < -0.39 is 0 Å². The molecule has 0 unspecified atom stereocenters. The summed E-state index contributed by atoms with van der Waals surface area (Å²) >= 11 is 3.18. The molecule has 0 radical (unpaired) electrons. The minimum absolute atomic E-state index is 0.179. The van der Waals surface area contributed by atoms with Gasteiger partial charge in [0.05, 0.1) is 32.3 Å². The number of rotatable bonds is 10. The smallest absolute Gasteiger partial charge is 0.263 e. The van der Waals surface area contributed by atoms with Crippen LogP contribution < -0.4 is 9.80 Å². The summed E-state index contributed by atoms with van der Waals surface area (Å²) in [6.07, 6.45) is 10.4. The van der Waals surface area contributed by atoms with Gasteiger partial charge in [-0.1, -0.05) is 63.1 Å². The van der Waals surface area contributed by atoms with Crippen molar-refractivity contribution in [2.75, 3.05) is 9.80 Å². The van der Waals surface area contributed by atoms with Crippen LogP contribution in [0.25, 0.3) is 11.4 Å². The predicted octanol–water partition coefficient (Wildman–Crippen LogP) is 9.27. The molecular weight excluding hydrogens is 557 g/mol. The van der Waals surface area contributed by atoms with Crippen molar-refractivity contribution in [1.82, 2.24) is 0 Å². The Morgan fingerprint density at radius 3 is 1.31 bits per heavy atom. The summed E-state index contributed by atoms with van der Waals surface area (Å²) in [5, 5.41) is 4.03. The zero-order valence-electron chi connectivity index (χ0n) is 24.0. The maximum atomic E-state index is 14.2. The van der Waals surface area contributed by atoms with E-state index in [1.54, 1.807) is 32.5 Å². The van der Waals surface area contributed by atoms with Gasteiger partial charge in [0.2, 0.25) is 0 Å². The van der Waals surface area contributed by atoms with Gasteiger partial charge in [-0.15, -0.1) is 22.7 Å². The van der Waals surface area contributed by atoms with Crippen molar-refractivity contribution in [1.29, 1.82) is 0 Å². The summed E-state index contributed by atoms with van der Waals surface area (Å²) in [4.78, 5) is 33.9. The summed E-state index contributed by atoms with van der Waals surface area (Å²) < 4.78 is 0. The molecule has 0 N–H and O–H groups in total. The minimum atomic E-state index is -0.179. The minimum Gasteiger partial charge on any atom is -0.276 e. The Labute approximate surface area is 255 Å². The second-order valence-corrected chi connectivity index (χ2v) is 12.6. The van der Waals surface area contributed by atoms with E-state index in [2.05, 4.69) is 38.1 Å². The highest BCUT2D eigenvalue weighted by Crippen LogP contribution is 2.42. The second kappa shape index (κ2) is 12.5. The predicted molar refractivity (Wildman–Crippen MR) is 177 cm³/mol. The van der Waals surface area contributed by atoms with E-state index in [0.717, 1.165) is 71.0 Å². The van der Waals surface area contributed by atoms with E-state index >= 15 is 0 Å². The first kappa shape index (κ1) is 28.1. The highest BCUT2D eigenvalue weighted by Gasteiger charge is 2.39. The third kappa shape index (κ3) is 5.44. The Balaban J connectivity index is 1.42. The maximum Gasteiger partial charge on any atom is 0.263 e. The number of hydrogen-bond donors (Lipinski definition) is 0. The standard InChI is InChI=1S/C36H34N2O2S2/c1-3-5-9-25-13-17-27(18-14-25)37-31(33-11-7-21-41-33)23-29(35(37)39)30-24-32(34-12-8-22-42-34)38(36(30)40)28-19-15-26(16-20-28)10-6-4-2/h7-8,11-24H,3-6,9-10H2,1-2H3/b30-29+. The molecule has 212 valence electrons. The van der Waals surface area contributed by atoms with Crippen molar-refractivity contribution < 1.29 is 9.59 Å². The number of thiophene rings is 2. The summed E-state index contributed by atoms with van der Waals surface area (Å²) in [5.74, 6) is -0.358. The third-order valence-electron chi connectivity index (χ3n) is 7.78. The van der Waals surface area contributed by atoms with Crippen molar-refractivity contribution in [2.24, 2.45) is 0 Å². The molecule has 0 saturated carbocycles. The van der Waals surface area contributed by atoms with Gasteiger partial charge in [0.25, 0.3) is 11.8 Å². The lowest BCUT2D eigenvalue weighted by Crippen LogP contribution is -2.28. The van der Waals surface area contributed by atoms with E-state index in [0.29, 0.717) is 11.1 Å². The molecule has 6 heteroatoms. The largest absolute Gasteiger partial charge is 0.276 e. The molecule has 2 amide bonds. The van der Waals surface area contributed by atoms with Gasteiger partial charge in [-0.2, -0.15) is 0 Å². The van der Waals surface area contributed by atoms with Crippen LogP contribution >= 0.6 is 22.7 Å². The third-order valence-corrected chi connectivity index (χ3v) is 9.56. The first-order valence-electron chi connectivity index (χ1n) is 14.7. The Kier molecular flexibility index (Phi) is 8.36. The van der Waals surface area contributed by atoms with E-state index in [9.17, 15) is 9.59 Å². The lowest BCUT2D eigenvalue weighted by atomic mass is 10.1. The zero-order valence-corrected chi connectivity index (χ0v) is 25.6. The van der Waals surface area contributed by atoms with Gasteiger partial charge < -0.3 is 0 Å². The Morgan fingerprint density at radius 1 is 0.571 bits per heavy atom. The molecule has 2 aromatic carbocycles. The van der Waals surface area contributed by atoms with Gasteiger partial charge in [-0.05, 0) is 96.1 Å². The van der Waals surface area contributed by atoms with Gasteiger partial charge in [-0.25, -0.2) is 0 Å². The number of amides is 2. The van der Waals surface area contributed by atoms with Crippen molar-refractivity contribution in [3.8, 4) is 0 Å². The highest BCUT2D eigenvalue weighted by molar-refractivity contribution is 7.11.